The Morgan fingerprint density at radius 3 is 2.86 bits per heavy atom. The molecule has 0 spiro atoms. The topological polar surface area (TPSA) is 66.0 Å². The first-order chi connectivity index (χ1) is 13.5. The van der Waals surface area contributed by atoms with Crippen LogP contribution >= 0.6 is 0 Å². The maximum Gasteiger partial charge on any atom is 0.224 e. The predicted octanol–water partition coefficient (Wildman–Crippen LogP) is 2.89. The number of nitrogens with one attached hydrogen (secondary N) is 2. The summed E-state index contributed by atoms with van der Waals surface area (Å²) >= 11 is 0. The summed E-state index contributed by atoms with van der Waals surface area (Å²) in [5.74, 6) is 1.89. The fourth-order valence-corrected chi connectivity index (χ4v) is 3.64. The first kappa shape index (κ1) is 22.1. The van der Waals surface area contributed by atoms with Gasteiger partial charge in [-0.05, 0) is 58.1 Å². The summed E-state index contributed by atoms with van der Waals surface area (Å²) in [7, 11) is 1.70. The second kappa shape index (κ2) is 11.6. The first-order valence-electron chi connectivity index (χ1n) is 10.5. The van der Waals surface area contributed by atoms with Crippen molar-refractivity contribution in [2.45, 2.75) is 58.9 Å². The average Bonchev–Trinajstić information content (AvgIpc) is 2.68. The quantitative estimate of drug-likeness (QED) is 0.531. The van der Waals surface area contributed by atoms with Gasteiger partial charge in [0, 0.05) is 32.1 Å². The fraction of sp³-hybridized carbons (Fsp3) is 0.636. The van der Waals surface area contributed by atoms with Crippen LogP contribution in [0.1, 0.15) is 50.7 Å². The summed E-state index contributed by atoms with van der Waals surface area (Å²) in [5, 5.41) is 6.61. The molecule has 1 atom stereocenters. The van der Waals surface area contributed by atoms with Gasteiger partial charge in [-0.25, -0.2) is 0 Å². The summed E-state index contributed by atoms with van der Waals surface area (Å²) in [5.41, 5.74) is 2.40. The molecule has 1 heterocycles. The van der Waals surface area contributed by atoms with Gasteiger partial charge < -0.3 is 20.3 Å². The molecule has 0 aromatic heterocycles. The molecular weight excluding hydrogens is 352 g/mol. The monoisotopic (exact) mass is 388 g/mol. The lowest BCUT2D eigenvalue weighted by molar-refractivity contribution is -0.134. The molecule has 6 nitrogen and oxygen atoms in total. The predicted molar refractivity (Wildman–Crippen MR) is 115 cm³/mol. The van der Waals surface area contributed by atoms with E-state index in [-0.39, 0.29) is 5.91 Å². The Labute approximate surface area is 169 Å². The Morgan fingerprint density at radius 2 is 2.14 bits per heavy atom. The highest BCUT2D eigenvalue weighted by Gasteiger charge is 2.22. The van der Waals surface area contributed by atoms with Crippen LogP contribution in [0.2, 0.25) is 0 Å². The van der Waals surface area contributed by atoms with Crippen molar-refractivity contribution in [1.82, 2.24) is 15.5 Å². The zero-order valence-electron chi connectivity index (χ0n) is 17.9. The van der Waals surface area contributed by atoms with Gasteiger partial charge in [-0.3, -0.25) is 9.79 Å². The Hall–Kier alpha value is -2.24. The van der Waals surface area contributed by atoms with E-state index in [1.54, 1.807) is 7.11 Å². The number of carbonyl (C=O) groups is 1. The molecule has 28 heavy (non-hydrogen) atoms. The summed E-state index contributed by atoms with van der Waals surface area (Å²) in [6.07, 6.45) is 4.77. The lowest BCUT2D eigenvalue weighted by Crippen LogP contribution is -2.42. The van der Waals surface area contributed by atoms with Crippen LogP contribution in [-0.4, -0.2) is 56.1 Å². The Morgan fingerprint density at radius 1 is 1.32 bits per heavy atom. The molecule has 1 aliphatic rings. The number of aliphatic imine (C=N–C) groups is 1. The molecule has 1 unspecified atom stereocenters. The van der Waals surface area contributed by atoms with Crippen LogP contribution in [0, 0.1) is 6.92 Å². The number of piperidine rings is 1. The number of hydrogen-bond acceptors (Lipinski definition) is 3. The number of nitrogens with zero attached hydrogens (tertiary/aromatic N) is 2. The lowest BCUT2D eigenvalue weighted by Gasteiger charge is -2.33. The SMILES string of the molecule is CCNC(=NCCC(=O)N1CCCCC1C)NCCc1cc(C)ccc1OC. The second-order valence-corrected chi connectivity index (χ2v) is 7.43. The fourth-order valence-electron chi connectivity index (χ4n) is 3.64. The summed E-state index contributed by atoms with van der Waals surface area (Å²) < 4.78 is 5.45. The number of guanidine groups is 1. The van der Waals surface area contributed by atoms with E-state index < -0.39 is 0 Å². The highest BCUT2D eigenvalue weighted by molar-refractivity contribution is 5.81. The molecule has 6 heteroatoms. The molecule has 2 rings (SSSR count). The standard InChI is InChI=1S/C22H36N4O2/c1-5-23-22(24-13-11-19-16-17(2)9-10-20(19)28-4)25-14-12-21(27)26-15-7-6-8-18(26)3/h9-10,16,18H,5-8,11-15H2,1-4H3,(H2,23,24,25). The molecule has 0 aliphatic carbocycles. The number of likely N-dealkylation sites (tertiary alicyclic amines) is 1. The Balaban J connectivity index is 1.83. The maximum atomic E-state index is 12.5. The molecule has 1 amide bonds. The van der Waals surface area contributed by atoms with Crippen LogP contribution < -0.4 is 15.4 Å². The van der Waals surface area contributed by atoms with E-state index in [1.165, 1.54) is 17.5 Å². The summed E-state index contributed by atoms with van der Waals surface area (Å²) in [4.78, 5) is 19.0. The molecule has 1 aliphatic heterocycles. The van der Waals surface area contributed by atoms with E-state index in [0.29, 0.717) is 19.0 Å². The van der Waals surface area contributed by atoms with Crippen molar-refractivity contribution in [2.24, 2.45) is 4.99 Å². The molecule has 0 saturated carbocycles. The van der Waals surface area contributed by atoms with E-state index in [9.17, 15) is 4.79 Å². The Kier molecular flexibility index (Phi) is 9.11. The highest BCUT2D eigenvalue weighted by atomic mass is 16.5. The minimum atomic E-state index is 0.219. The number of aryl methyl sites for hydroxylation is 1. The number of ether oxygens (including phenoxy) is 1. The Bertz CT molecular complexity index is 660. The van der Waals surface area contributed by atoms with Crippen molar-refractivity contribution in [3.63, 3.8) is 0 Å². The van der Waals surface area contributed by atoms with E-state index in [4.69, 9.17) is 4.74 Å². The van der Waals surface area contributed by atoms with Crippen molar-refractivity contribution in [3.05, 3.63) is 29.3 Å². The third-order valence-corrected chi connectivity index (χ3v) is 5.19. The van der Waals surface area contributed by atoms with E-state index in [0.717, 1.165) is 50.6 Å². The van der Waals surface area contributed by atoms with Gasteiger partial charge in [-0.2, -0.15) is 0 Å². The lowest BCUT2D eigenvalue weighted by atomic mass is 10.0. The number of benzene rings is 1. The van der Waals surface area contributed by atoms with Crippen molar-refractivity contribution in [3.8, 4) is 5.75 Å². The molecule has 0 bridgehead atoms. The van der Waals surface area contributed by atoms with E-state index in [1.807, 2.05) is 17.9 Å². The van der Waals surface area contributed by atoms with Gasteiger partial charge >= 0.3 is 0 Å². The number of methoxy groups -OCH3 is 1. The van der Waals surface area contributed by atoms with Crippen molar-refractivity contribution >= 4 is 11.9 Å². The van der Waals surface area contributed by atoms with Gasteiger partial charge in [0.05, 0.1) is 13.7 Å². The molecule has 1 saturated heterocycles. The van der Waals surface area contributed by atoms with Crippen LogP contribution in [0.15, 0.2) is 23.2 Å². The van der Waals surface area contributed by atoms with Crippen molar-refractivity contribution in [2.75, 3.05) is 33.3 Å². The highest BCUT2D eigenvalue weighted by Crippen LogP contribution is 2.20. The number of hydrogen-bond donors (Lipinski definition) is 2. The largest absolute Gasteiger partial charge is 0.496 e. The zero-order valence-corrected chi connectivity index (χ0v) is 17.9. The number of rotatable bonds is 8. The van der Waals surface area contributed by atoms with Gasteiger partial charge in [0.15, 0.2) is 5.96 Å². The molecule has 1 fully saturated rings. The van der Waals surface area contributed by atoms with Crippen LogP contribution in [0.4, 0.5) is 0 Å². The molecule has 2 N–H and O–H groups in total. The third kappa shape index (κ3) is 6.73. The average molecular weight is 389 g/mol. The molecule has 0 radical (unpaired) electrons. The molecule has 1 aromatic rings. The minimum absolute atomic E-state index is 0.219. The normalized spacial score (nSPS) is 17.4. The zero-order chi connectivity index (χ0) is 20.4. The van der Waals surface area contributed by atoms with Crippen molar-refractivity contribution in [1.29, 1.82) is 0 Å². The van der Waals surface area contributed by atoms with E-state index in [2.05, 4.69) is 41.6 Å². The number of carbonyl (C=O) groups excluding carboxylic acids is 1. The first-order valence-corrected chi connectivity index (χ1v) is 10.5. The summed E-state index contributed by atoms with van der Waals surface area (Å²) in [6, 6.07) is 6.59. The molecule has 156 valence electrons. The van der Waals surface area contributed by atoms with Crippen LogP contribution in [0.3, 0.4) is 0 Å². The third-order valence-electron chi connectivity index (χ3n) is 5.19. The molecule has 1 aromatic carbocycles. The number of amides is 1. The van der Waals surface area contributed by atoms with Gasteiger partial charge in [-0.15, -0.1) is 0 Å². The summed E-state index contributed by atoms with van der Waals surface area (Å²) in [6.45, 7) is 9.21. The van der Waals surface area contributed by atoms with Crippen LogP contribution in [0.5, 0.6) is 5.75 Å². The smallest absolute Gasteiger partial charge is 0.224 e. The van der Waals surface area contributed by atoms with Crippen LogP contribution in [0.25, 0.3) is 0 Å². The van der Waals surface area contributed by atoms with E-state index >= 15 is 0 Å². The van der Waals surface area contributed by atoms with Gasteiger partial charge in [0.25, 0.3) is 0 Å². The van der Waals surface area contributed by atoms with Crippen molar-refractivity contribution < 1.29 is 9.53 Å². The minimum Gasteiger partial charge on any atom is -0.496 e. The second-order valence-electron chi connectivity index (χ2n) is 7.43. The van der Waals surface area contributed by atoms with Gasteiger partial charge in [-0.1, -0.05) is 17.7 Å². The van der Waals surface area contributed by atoms with Gasteiger partial charge in [0.2, 0.25) is 5.91 Å². The van der Waals surface area contributed by atoms with Crippen LogP contribution in [-0.2, 0) is 11.2 Å². The van der Waals surface area contributed by atoms with Gasteiger partial charge in [0.1, 0.15) is 5.75 Å². The maximum absolute atomic E-state index is 12.5. The molecular formula is C22H36N4O2.